The zero-order valence-electron chi connectivity index (χ0n) is 12.1. The maximum Gasteiger partial charge on any atom is 0.278 e. The number of imidazole rings is 1. The zero-order chi connectivity index (χ0) is 15.5. The molecule has 9 nitrogen and oxygen atoms in total. The van der Waals surface area contributed by atoms with E-state index in [0.717, 1.165) is 0 Å². The van der Waals surface area contributed by atoms with Gasteiger partial charge in [0.2, 0.25) is 0 Å². The summed E-state index contributed by atoms with van der Waals surface area (Å²) in [6.45, 7) is 3.44. The number of hydrogen-bond donors (Lipinski definition) is 2. The number of H-pyrrole nitrogens is 1. The summed E-state index contributed by atoms with van der Waals surface area (Å²) in [5, 5.41) is 9.50. The fourth-order valence-corrected chi connectivity index (χ4v) is 3.08. The van der Waals surface area contributed by atoms with Crippen LogP contribution in [0.5, 0.6) is 0 Å². The molecule has 118 valence electrons. The van der Waals surface area contributed by atoms with Gasteiger partial charge in [0.25, 0.3) is 5.56 Å². The molecule has 9 heteroatoms. The lowest BCUT2D eigenvalue weighted by Crippen LogP contribution is -2.31. The van der Waals surface area contributed by atoms with Crippen LogP contribution in [-0.2, 0) is 14.2 Å². The van der Waals surface area contributed by atoms with Gasteiger partial charge in [-0.25, -0.2) is 9.97 Å². The number of nitrogens with zero attached hydrogens (tertiary/aromatic N) is 3. The van der Waals surface area contributed by atoms with Crippen molar-refractivity contribution in [2.75, 3.05) is 6.61 Å². The summed E-state index contributed by atoms with van der Waals surface area (Å²) in [5.74, 6) is -0.758. The highest BCUT2D eigenvalue weighted by molar-refractivity contribution is 5.68. The highest BCUT2D eigenvalue weighted by Crippen LogP contribution is 2.43. The number of aromatic amines is 1. The predicted octanol–water partition coefficient (Wildman–Crippen LogP) is -0.471. The van der Waals surface area contributed by atoms with E-state index in [1.54, 1.807) is 4.57 Å². The second-order valence-corrected chi connectivity index (χ2v) is 5.87. The molecule has 0 aromatic carbocycles. The van der Waals surface area contributed by atoms with Crippen LogP contribution in [0.3, 0.4) is 0 Å². The van der Waals surface area contributed by atoms with Crippen LogP contribution in [0.4, 0.5) is 0 Å². The van der Waals surface area contributed by atoms with Gasteiger partial charge >= 0.3 is 0 Å². The number of hydrogen-bond acceptors (Lipinski definition) is 7. The first-order valence-electron chi connectivity index (χ1n) is 7.02. The molecule has 4 rings (SSSR count). The van der Waals surface area contributed by atoms with E-state index in [1.807, 2.05) is 13.8 Å². The molecule has 4 heterocycles. The summed E-state index contributed by atoms with van der Waals surface area (Å²) in [6.07, 6.45) is 0.937. The molecule has 2 fully saturated rings. The van der Waals surface area contributed by atoms with Gasteiger partial charge in [-0.2, -0.15) is 0 Å². The first-order valence-corrected chi connectivity index (χ1v) is 7.02. The Kier molecular flexibility index (Phi) is 2.89. The van der Waals surface area contributed by atoms with E-state index in [2.05, 4.69) is 15.0 Å². The van der Waals surface area contributed by atoms with E-state index in [0.29, 0.717) is 5.65 Å². The Morgan fingerprint density at radius 3 is 2.91 bits per heavy atom. The quantitative estimate of drug-likeness (QED) is 0.771. The van der Waals surface area contributed by atoms with Crippen LogP contribution >= 0.6 is 0 Å². The molecule has 4 atom stereocenters. The van der Waals surface area contributed by atoms with Gasteiger partial charge in [0, 0.05) is 0 Å². The molecule has 0 amide bonds. The van der Waals surface area contributed by atoms with Gasteiger partial charge in [-0.1, -0.05) is 0 Å². The molecule has 0 radical (unpaired) electrons. The second-order valence-electron chi connectivity index (χ2n) is 5.87. The number of nitrogens with one attached hydrogen (secondary N) is 1. The SMILES string of the molecule is CC1(C)O[C@@H]2[C@H](O1)[C@H](n1cnc3c(=O)[nH]cnc31)O[C@H]2CO. The average Bonchev–Trinajstić information content (AvgIpc) is 3.10. The summed E-state index contributed by atoms with van der Waals surface area (Å²) in [4.78, 5) is 22.5. The van der Waals surface area contributed by atoms with Crippen molar-refractivity contribution in [1.82, 2.24) is 19.5 Å². The third-order valence-corrected chi connectivity index (χ3v) is 3.94. The molecule has 2 saturated heterocycles. The van der Waals surface area contributed by atoms with Gasteiger partial charge in [-0.15, -0.1) is 0 Å². The summed E-state index contributed by atoms with van der Waals surface area (Å²) < 4.78 is 19.2. The van der Waals surface area contributed by atoms with E-state index in [1.165, 1.54) is 12.7 Å². The first kappa shape index (κ1) is 13.8. The largest absolute Gasteiger partial charge is 0.394 e. The van der Waals surface area contributed by atoms with Gasteiger partial charge < -0.3 is 24.3 Å². The van der Waals surface area contributed by atoms with Crippen molar-refractivity contribution < 1.29 is 19.3 Å². The van der Waals surface area contributed by atoms with Gasteiger partial charge in [-0.05, 0) is 13.8 Å². The average molecular weight is 308 g/mol. The van der Waals surface area contributed by atoms with E-state index >= 15 is 0 Å². The van der Waals surface area contributed by atoms with Crippen molar-refractivity contribution >= 4 is 11.2 Å². The number of aromatic nitrogens is 4. The summed E-state index contributed by atoms with van der Waals surface area (Å²) in [5.41, 5.74) is 0.314. The zero-order valence-corrected chi connectivity index (χ0v) is 12.1. The summed E-state index contributed by atoms with van der Waals surface area (Å²) in [6, 6.07) is 0. The van der Waals surface area contributed by atoms with Crippen LogP contribution in [0.25, 0.3) is 11.2 Å². The molecular formula is C13H16N4O5. The van der Waals surface area contributed by atoms with Gasteiger partial charge in [0.1, 0.15) is 18.3 Å². The smallest absolute Gasteiger partial charge is 0.278 e. The minimum Gasteiger partial charge on any atom is -0.394 e. The molecule has 2 aromatic rings. The monoisotopic (exact) mass is 308 g/mol. The van der Waals surface area contributed by atoms with Crippen molar-refractivity contribution in [2.45, 2.75) is 44.2 Å². The Balaban J connectivity index is 1.78. The molecule has 0 spiro atoms. The number of rotatable bonds is 2. The Morgan fingerprint density at radius 1 is 1.36 bits per heavy atom. The Hall–Kier alpha value is -1.81. The molecule has 2 N–H and O–H groups in total. The van der Waals surface area contributed by atoms with E-state index in [9.17, 15) is 9.90 Å². The maximum atomic E-state index is 11.8. The normalized spacial score (nSPS) is 33.4. The van der Waals surface area contributed by atoms with Crippen molar-refractivity contribution in [1.29, 1.82) is 0 Å². The third kappa shape index (κ3) is 1.90. The van der Waals surface area contributed by atoms with E-state index < -0.39 is 24.2 Å². The standard InChI is InChI=1S/C13H16N4O5/c1-13(2)21-8-6(3-18)20-12(9(8)22-13)17-5-16-7-10(17)14-4-15-11(7)19/h4-6,8-9,12,18H,3H2,1-2H3,(H,14,15,19)/t6-,8-,9-,12+/m0/s1. The van der Waals surface area contributed by atoms with E-state index in [4.69, 9.17) is 14.2 Å². The van der Waals surface area contributed by atoms with Crippen LogP contribution in [-0.4, -0.2) is 55.3 Å². The molecule has 2 aliphatic heterocycles. The highest BCUT2D eigenvalue weighted by atomic mass is 16.8. The van der Waals surface area contributed by atoms with E-state index in [-0.39, 0.29) is 23.8 Å². The van der Waals surface area contributed by atoms with Gasteiger partial charge in [0.15, 0.2) is 23.2 Å². The molecule has 0 saturated carbocycles. The Bertz CT molecular complexity index is 769. The maximum absolute atomic E-state index is 11.8. The number of aliphatic hydroxyl groups excluding tert-OH is 1. The minimum absolute atomic E-state index is 0.183. The third-order valence-electron chi connectivity index (χ3n) is 3.94. The summed E-state index contributed by atoms with van der Waals surface area (Å²) in [7, 11) is 0. The van der Waals surface area contributed by atoms with Gasteiger partial charge in [0.05, 0.1) is 19.3 Å². The lowest BCUT2D eigenvalue weighted by atomic mass is 10.1. The van der Waals surface area contributed by atoms with Crippen molar-refractivity contribution in [3.05, 3.63) is 23.0 Å². The minimum atomic E-state index is -0.758. The number of ether oxygens (including phenoxy) is 3. The molecule has 2 aliphatic rings. The second kappa shape index (κ2) is 4.59. The fourth-order valence-electron chi connectivity index (χ4n) is 3.08. The van der Waals surface area contributed by atoms with Crippen molar-refractivity contribution in [3.8, 4) is 0 Å². The molecule has 22 heavy (non-hydrogen) atoms. The molecule has 2 aromatic heterocycles. The molecule has 0 aliphatic carbocycles. The molecular weight excluding hydrogens is 292 g/mol. The molecule has 0 unspecified atom stereocenters. The van der Waals surface area contributed by atoms with Crippen LogP contribution < -0.4 is 5.56 Å². The Morgan fingerprint density at radius 2 is 2.14 bits per heavy atom. The molecule has 0 bridgehead atoms. The number of aliphatic hydroxyl groups is 1. The van der Waals surface area contributed by atoms with Crippen molar-refractivity contribution in [2.24, 2.45) is 0 Å². The van der Waals surface area contributed by atoms with Crippen LogP contribution in [0.2, 0.25) is 0 Å². The lowest BCUT2D eigenvalue weighted by Gasteiger charge is -2.24. The van der Waals surface area contributed by atoms with Gasteiger partial charge in [-0.3, -0.25) is 9.36 Å². The first-order chi connectivity index (χ1) is 10.5. The number of fused-ring (bicyclic) bond motifs is 2. The highest BCUT2D eigenvalue weighted by Gasteiger charge is 2.55. The fraction of sp³-hybridized carbons (Fsp3) is 0.615. The van der Waals surface area contributed by atoms with Crippen LogP contribution in [0, 0.1) is 0 Å². The lowest BCUT2D eigenvalue weighted by molar-refractivity contribution is -0.199. The van der Waals surface area contributed by atoms with Crippen LogP contribution in [0.15, 0.2) is 17.4 Å². The van der Waals surface area contributed by atoms with Crippen LogP contribution in [0.1, 0.15) is 20.1 Å². The summed E-state index contributed by atoms with van der Waals surface area (Å²) >= 11 is 0. The topological polar surface area (TPSA) is 111 Å². The van der Waals surface area contributed by atoms with Crippen molar-refractivity contribution in [3.63, 3.8) is 0 Å². The Labute approximate surface area is 124 Å². The predicted molar refractivity (Wildman–Crippen MR) is 73.0 cm³/mol.